The normalized spacial score (nSPS) is 12.5. The fraction of sp³-hybridized carbons (Fsp3) is 0.364. The van der Waals surface area contributed by atoms with Crippen molar-refractivity contribution in [3.8, 4) is 0 Å². The summed E-state index contributed by atoms with van der Waals surface area (Å²) in [5.41, 5.74) is 2.26. The summed E-state index contributed by atoms with van der Waals surface area (Å²) in [5.74, 6) is 0.879. The highest BCUT2D eigenvalue weighted by Gasteiger charge is 2.13. The van der Waals surface area contributed by atoms with Crippen molar-refractivity contribution in [3.63, 3.8) is 0 Å². The predicted octanol–water partition coefficient (Wildman–Crippen LogP) is 5.22. The molecule has 3 rings (SSSR count). The number of ether oxygens (including phenoxy) is 1. The van der Waals surface area contributed by atoms with Crippen LogP contribution in [0.25, 0.3) is 10.8 Å². The smallest absolute Gasteiger partial charge is 0.194 e. The topological polar surface area (TPSA) is 49.8 Å². The minimum Gasteiger partial charge on any atom is -0.375 e. The first-order chi connectivity index (χ1) is 13.6. The standard InChI is InChI=1S/C22H28N4OS.HI/c1-5-23-22(26(3)14-19-15-28-21(25-19)16(2)27-4)24-13-18-11-8-10-17-9-6-7-12-20(17)18;/h6-12,15-16H,5,13-14H2,1-4H3,(H,23,24);1H. The number of fused-ring (bicyclic) bond motifs is 1. The number of hydrogen-bond donors (Lipinski definition) is 1. The zero-order valence-corrected chi connectivity index (χ0v) is 20.5. The number of rotatable bonds is 7. The average Bonchev–Trinajstić information content (AvgIpc) is 3.18. The van der Waals surface area contributed by atoms with Gasteiger partial charge in [0.05, 0.1) is 18.8 Å². The molecule has 1 aromatic heterocycles. The van der Waals surface area contributed by atoms with Crippen LogP contribution >= 0.6 is 35.3 Å². The first-order valence-corrected chi connectivity index (χ1v) is 10.4. The summed E-state index contributed by atoms with van der Waals surface area (Å²) in [7, 11) is 3.75. The van der Waals surface area contributed by atoms with Gasteiger partial charge in [-0.3, -0.25) is 0 Å². The molecule has 0 aliphatic heterocycles. The van der Waals surface area contributed by atoms with Crippen LogP contribution in [-0.2, 0) is 17.8 Å². The number of nitrogens with one attached hydrogen (secondary N) is 1. The Balaban J connectivity index is 0.00000300. The van der Waals surface area contributed by atoms with Gasteiger partial charge in [-0.15, -0.1) is 35.3 Å². The van der Waals surface area contributed by atoms with Gasteiger partial charge in [0.15, 0.2) is 5.96 Å². The molecule has 1 N–H and O–H groups in total. The molecule has 0 saturated heterocycles. The van der Waals surface area contributed by atoms with Crippen LogP contribution in [0.4, 0.5) is 0 Å². The number of nitrogens with zero attached hydrogens (tertiary/aromatic N) is 3. The van der Waals surface area contributed by atoms with Crippen molar-refractivity contribution >= 4 is 52.0 Å². The van der Waals surface area contributed by atoms with Crippen LogP contribution < -0.4 is 5.32 Å². The number of thiazole rings is 1. The van der Waals surface area contributed by atoms with Gasteiger partial charge in [-0.05, 0) is 30.2 Å². The lowest BCUT2D eigenvalue weighted by molar-refractivity contribution is 0.119. The van der Waals surface area contributed by atoms with Gasteiger partial charge in [-0.25, -0.2) is 9.98 Å². The molecule has 0 amide bonds. The van der Waals surface area contributed by atoms with Gasteiger partial charge in [0.1, 0.15) is 11.1 Å². The van der Waals surface area contributed by atoms with Crippen LogP contribution in [0.5, 0.6) is 0 Å². The molecule has 1 atom stereocenters. The molecule has 7 heteroatoms. The van der Waals surface area contributed by atoms with E-state index in [2.05, 4.69) is 65.0 Å². The maximum Gasteiger partial charge on any atom is 0.194 e. The maximum absolute atomic E-state index is 5.36. The summed E-state index contributed by atoms with van der Waals surface area (Å²) in [6, 6.07) is 14.8. The molecule has 29 heavy (non-hydrogen) atoms. The quantitative estimate of drug-likeness (QED) is 0.262. The molecule has 1 unspecified atom stereocenters. The Bertz CT molecular complexity index is 938. The van der Waals surface area contributed by atoms with E-state index < -0.39 is 0 Å². The largest absolute Gasteiger partial charge is 0.375 e. The number of halogens is 1. The van der Waals surface area contributed by atoms with Crippen molar-refractivity contribution in [3.05, 3.63) is 64.1 Å². The molecular formula is C22H29IN4OS. The monoisotopic (exact) mass is 524 g/mol. The highest BCUT2D eigenvalue weighted by molar-refractivity contribution is 14.0. The molecule has 156 valence electrons. The van der Waals surface area contributed by atoms with Gasteiger partial charge in [-0.1, -0.05) is 42.5 Å². The SMILES string of the molecule is CCNC(=NCc1cccc2ccccc12)N(C)Cc1csc(C(C)OC)n1.I. The maximum atomic E-state index is 5.36. The Hall–Kier alpha value is -1.71. The van der Waals surface area contributed by atoms with Crippen LogP contribution in [-0.4, -0.2) is 36.5 Å². The van der Waals surface area contributed by atoms with Gasteiger partial charge < -0.3 is 15.0 Å². The fourth-order valence-corrected chi connectivity index (χ4v) is 3.90. The Morgan fingerprint density at radius 1 is 1.24 bits per heavy atom. The van der Waals surface area contributed by atoms with Crippen molar-refractivity contribution in [1.82, 2.24) is 15.2 Å². The van der Waals surface area contributed by atoms with E-state index in [0.717, 1.165) is 23.2 Å². The molecule has 0 aliphatic rings. The molecular weight excluding hydrogens is 495 g/mol. The third-order valence-electron chi connectivity index (χ3n) is 4.65. The van der Waals surface area contributed by atoms with E-state index in [4.69, 9.17) is 14.7 Å². The van der Waals surface area contributed by atoms with E-state index >= 15 is 0 Å². The summed E-state index contributed by atoms with van der Waals surface area (Å²) < 4.78 is 5.36. The van der Waals surface area contributed by atoms with Gasteiger partial charge in [0.25, 0.3) is 0 Å². The van der Waals surface area contributed by atoms with Gasteiger partial charge in [-0.2, -0.15) is 0 Å². The molecule has 1 heterocycles. The summed E-state index contributed by atoms with van der Waals surface area (Å²) >= 11 is 1.64. The molecule has 0 saturated carbocycles. The second kappa shape index (κ2) is 11.5. The van der Waals surface area contributed by atoms with Crippen molar-refractivity contribution < 1.29 is 4.74 Å². The van der Waals surface area contributed by atoms with Crippen molar-refractivity contribution in [1.29, 1.82) is 0 Å². The summed E-state index contributed by atoms with van der Waals surface area (Å²) in [6.07, 6.45) is 0.0253. The van der Waals surface area contributed by atoms with E-state index in [9.17, 15) is 0 Å². The molecule has 0 radical (unpaired) electrons. The Morgan fingerprint density at radius 3 is 2.76 bits per heavy atom. The number of aliphatic imine (C=N–C) groups is 1. The van der Waals surface area contributed by atoms with E-state index in [0.29, 0.717) is 13.1 Å². The lowest BCUT2D eigenvalue weighted by Gasteiger charge is -2.21. The van der Waals surface area contributed by atoms with E-state index in [1.165, 1.54) is 16.3 Å². The molecule has 3 aromatic rings. The zero-order valence-electron chi connectivity index (χ0n) is 17.4. The third kappa shape index (κ3) is 6.13. The molecule has 0 aliphatic carbocycles. The van der Waals surface area contributed by atoms with E-state index in [1.54, 1.807) is 18.4 Å². The summed E-state index contributed by atoms with van der Waals surface area (Å²) in [5, 5.41) is 8.99. The summed E-state index contributed by atoms with van der Waals surface area (Å²) in [4.78, 5) is 11.7. The fourth-order valence-electron chi connectivity index (χ4n) is 3.06. The van der Waals surface area contributed by atoms with Crippen LogP contribution in [0, 0.1) is 0 Å². The Labute approximate surface area is 194 Å². The number of aromatic nitrogens is 1. The minimum absolute atomic E-state index is 0. The van der Waals surface area contributed by atoms with E-state index in [1.807, 2.05) is 14.0 Å². The Kier molecular flexibility index (Phi) is 9.32. The predicted molar refractivity (Wildman–Crippen MR) is 133 cm³/mol. The minimum atomic E-state index is 0. The lowest BCUT2D eigenvalue weighted by Crippen LogP contribution is -2.38. The lowest BCUT2D eigenvalue weighted by atomic mass is 10.1. The van der Waals surface area contributed by atoms with Crippen LogP contribution in [0.1, 0.15) is 36.2 Å². The van der Waals surface area contributed by atoms with Crippen LogP contribution in [0.15, 0.2) is 52.8 Å². The van der Waals surface area contributed by atoms with Gasteiger partial charge >= 0.3 is 0 Å². The highest BCUT2D eigenvalue weighted by atomic mass is 127. The molecule has 0 spiro atoms. The zero-order chi connectivity index (χ0) is 19.9. The van der Waals surface area contributed by atoms with Crippen LogP contribution in [0.2, 0.25) is 0 Å². The molecule has 5 nitrogen and oxygen atoms in total. The first kappa shape index (κ1) is 23.6. The average molecular weight is 524 g/mol. The highest BCUT2D eigenvalue weighted by Crippen LogP contribution is 2.21. The molecule has 0 bridgehead atoms. The van der Waals surface area contributed by atoms with Crippen LogP contribution in [0.3, 0.4) is 0 Å². The van der Waals surface area contributed by atoms with Crippen molar-refractivity contribution in [2.75, 3.05) is 20.7 Å². The number of guanidine groups is 1. The van der Waals surface area contributed by atoms with Gasteiger partial charge in [0.2, 0.25) is 0 Å². The van der Waals surface area contributed by atoms with Gasteiger partial charge in [0, 0.05) is 26.1 Å². The van der Waals surface area contributed by atoms with Crippen molar-refractivity contribution in [2.45, 2.75) is 33.0 Å². The second-order valence-electron chi connectivity index (χ2n) is 6.72. The number of benzene rings is 2. The number of hydrogen-bond acceptors (Lipinski definition) is 4. The second-order valence-corrected chi connectivity index (χ2v) is 7.61. The third-order valence-corrected chi connectivity index (χ3v) is 5.70. The first-order valence-electron chi connectivity index (χ1n) is 9.55. The Morgan fingerprint density at radius 2 is 2.00 bits per heavy atom. The molecule has 0 fully saturated rings. The van der Waals surface area contributed by atoms with E-state index in [-0.39, 0.29) is 30.1 Å². The molecule has 2 aromatic carbocycles. The number of methoxy groups -OCH3 is 1. The van der Waals surface area contributed by atoms with Crippen molar-refractivity contribution in [2.24, 2.45) is 4.99 Å². The summed E-state index contributed by atoms with van der Waals surface area (Å²) in [6.45, 7) is 6.26.